The number of likely N-dealkylation sites (N-methyl/N-ethyl adjacent to an activating group) is 1. The smallest absolute Gasteiger partial charge is 0.252 e. The molecule has 90 valence electrons. The molecule has 2 rings (SSSR count). The van der Waals surface area contributed by atoms with Crippen LogP contribution < -0.4 is 0 Å². The first-order valence-electron chi connectivity index (χ1n) is 5.25. The highest BCUT2D eigenvalue weighted by Gasteiger charge is 2.31. The van der Waals surface area contributed by atoms with Crippen molar-refractivity contribution in [3.8, 4) is 0 Å². The Labute approximate surface area is 101 Å². The topological polar surface area (TPSA) is 40.6 Å². The summed E-state index contributed by atoms with van der Waals surface area (Å²) in [5, 5.41) is 1.80. The summed E-state index contributed by atoms with van der Waals surface area (Å²) in [6.07, 6.45) is 0. The van der Waals surface area contributed by atoms with Gasteiger partial charge in [0.05, 0.1) is 0 Å². The van der Waals surface area contributed by atoms with Crippen molar-refractivity contribution >= 4 is 21.4 Å². The van der Waals surface area contributed by atoms with E-state index in [4.69, 9.17) is 0 Å². The Morgan fingerprint density at radius 3 is 2.75 bits per heavy atom. The Hall–Kier alpha value is -0.430. The zero-order chi connectivity index (χ0) is 11.8. The van der Waals surface area contributed by atoms with E-state index in [1.807, 2.05) is 7.05 Å². The van der Waals surface area contributed by atoms with Crippen LogP contribution in [-0.4, -0.2) is 50.3 Å². The molecule has 0 spiro atoms. The van der Waals surface area contributed by atoms with Crippen LogP contribution in [0.15, 0.2) is 21.7 Å². The monoisotopic (exact) mass is 260 g/mol. The lowest BCUT2D eigenvalue weighted by atomic mass is 10.2. The number of thiophene rings is 1. The largest absolute Gasteiger partial charge is 0.301 e. The molecule has 1 fully saturated rings. The highest BCUT2D eigenvalue weighted by Crippen LogP contribution is 2.22. The number of hydrogen-bond acceptors (Lipinski definition) is 4. The summed E-state index contributed by atoms with van der Waals surface area (Å²) in [7, 11) is -1.22. The third-order valence-electron chi connectivity index (χ3n) is 3.01. The van der Waals surface area contributed by atoms with Gasteiger partial charge in [0.2, 0.25) is 0 Å². The molecule has 0 N–H and O–H groups in total. The predicted octanol–water partition coefficient (Wildman–Crippen LogP) is 1.07. The van der Waals surface area contributed by atoms with Gasteiger partial charge < -0.3 is 4.90 Å². The van der Waals surface area contributed by atoms with Gasteiger partial charge in [0.1, 0.15) is 4.21 Å². The van der Waals surface area contributed by atoms with Crippen LogP contribution in [0.25, 0.3) is 0 Å². The van der Waals surface area contributed by atoms with E-state index in [0.717, 1.165) is 6.54 Å². The van der Waals surface area contributed by atoms with E-state index in [0.29, 0.717) is 17.3 Å². The number of sulfonamides is 1. The van der Waals surface area contributed by atoms with E-state index < -0.39 is 10.0 Å². The van der Waals surface area contributed by atoms with Gasteiger partial charge in [-0.2, -0.15) is 4.31 Å². The molecule has 16 heavy (non-hydrogen) atoms. The Kier molecular flexibility index (Phi) is 3.34. The molecule has 1 aliphatic heterocycles. The third kappa shape index (κ3) is 2.15. The van der Waals surface area contributed by atoms with Crippen molar-refractivity contribution < 1.29 is 8.42 Å². The van der Waals surface area contributed by atoms with Gasteiger partial charge in [-0.15, -0.1) is 11.3 Å². The number of rotatable bonds is 2. The third-order valence-corrected chi connectivity index (χ3v) is 6.25. The van der Waals surface area contributed by atoms with Crippen molar-refractivity contribution in [1.29, 1.82) is 0 Å². The average molecular weight is 260 g/mol. The van der Waals surface area contributed by atoms with E-state index in [2.05, 4.69) is 11.8 Å². The second kappa shape index (κ2) is 4.44. The second-order valence-electron chi connectivity index (χ2n) is 4.12. The maximum absolute atomic E-state index is 12.2. The second-order valence-corrected chi connectivity index (χ2v) is 7.24. The molecule has 0 saturated carbocycles. The molecule has 1 unspecified atom stereocenters. The minimum atomic E-state index is -3.25. The Balaban J connectivity index is 2.20. The van der Waals surface area contributed by atoms with Gasteiger partial charge in [-0.3, -0.25) is 0 Å². The first-order chi connectivity index (χ1) is 7.51. The Bertz CT molecular complexity index is 441. The molecule has 1 aromatic rings. The summed E-state index contributed by atoms with van der Waals surface area (Å²) in [5.41, 5.74) is 0. The fourth-order valence-electron chi connectivity index (χ4n) is 1.77. The van der Waals surface area contributed by atoms with Gasteiger partial charge in [0.15, 0.2) is 0 Å². The van der Waals surface area contributed by atoms with Crippen LogP contribution in [-0.2, 0) is 10.0 Å². The van der Waals surface area contributed by atoms with Crippen LogP contribution in [0.3, 0.4) is 0 Å². The average Bonchev–Trinajstić information content (AvgIpc) is 2.75. The number of nitrogens with zero attached hydrogens (tertiary/aromatic N) is 2. The van der Waals surface area contributed by atoms with Crippen molar-refractivity contribution in [2.24, 2.45) is 0 Å². The summed E-state index contributed by atoms with van der Waals surface area (Å²) >= 11 is 1.28. The summed E-state index contributed by atoms with van der Waals surface area (Å²) < 4.78 is 26.5. The van der Waals surface area contributed by atoms with Crippen molar-refractivity contribution in [2.75, 3.05) is 26.7 Å². The molecular formula is C10H16N2O2S2. The summed E-state index contributed by atoms with van der Waals surface area (Å²) in [5.74, 6) is 0. The fraction of sp³-hybridized carbons (Fsp3) is 0.600. The van der Waals surface area contributed by atoms with E-state index in [-0.39, 0.29) is 6.04 Å². The molecule has 0 amide bonds. The standard InChI is InChI=1S/C10H16N2O2S2/c1-9-8-12(6-5-11(9)2)16(13,14)10-4-3-7-15-10/h3-4,7,9H,5-6,8H2,1-2H3. The van der Waals surface area contributed by atoms with Crippen LogP contribution in [0.2, 0.25) is 0 Å². The van der Waals surface area contributed by atoms with Crippen LogP contribution >= 0.6 is 11.3 Å². The molecule has 6 heteroatoms. The molecule has 1 atom stereocenters. The first kappa shape index (κ1) is 12.0. The summed E-state index contributed by atoms with van der Waals surface area (Å²) in [6, 6.07) is 3.73. The van der Waals surface area contributed by atoms with E-state index in [9.17, 15) is 8.42 Å². The zero-order valence-corrected chi connectivity index (χ0v) is 11.1. The molecule has 0 bridgehead atoms. The predicted molar refractivity (Wildman–Crippen MR) is 65.2 cm³/mol. The lowest BCUT2D eigenvalue weighted by Crippen LogP contribution is -2.51. The van der Waals surface area contributed by atoms with E-state index >= 15 is 0 Å². The molecule has 1 aromatic heterocycles. The normalized spacial score (nSPS) is 24.8. The van der Waals surface area contributed by atoms with Crippen LogP contribution in [0.5, 0.6) is 0 Å². The molecule has 1 saturated heterocycles. The lowest BCUT2D eigenvalue weighted by Gasteiger charge is -2.36. The molecule has 0 aromatic carbocycles. The minimum absolute atomic E-state index is 0.281. The minimum Gasteiger partial charge on any atom is -0.301 e. The maximum atomic E-state index is 12.2. The fourth-order valence-corrected chi connectivity index (χ4v) is 4.43. The van der Waals surface area contributed by atoms with Gasteiger partial charge in [-0.1, -0.05) is 6.07 Å². The molecule has 0 aliphatic carbocycles. The van der Waals surface area contributed by atoms with Crippen molar-refractivity contribution in [2.45, 2.75) is 17.2 Å². The quantitative estimate of drug-likeness (QED) is 0.799. The van der Waals surface area contributed by atoms with Gasteiger partial charge in [0.25, 0.3) is 10.0 Å². The van der Waals surface area contributed by atoms with Crippen molar-refractivity contribution in [3.63, 3.8) is 0 Å². The summed E-state index contributed by atoms with van der Waals surface area (Å²) in [6.45, 7) is 4.01. The lowest BCUT2D eigenvalue weighted by molar-refractivity contribution is 0.160. The van der Waals surface area contributed by atoms with E-state index in [1.54, 1.807) is 21.8 Å². The maximum Gasteiger partial charge on any atom is 0.252 e. The van der Waals surface area contributed by atoms with Crippen LogP contribution in [0.4, 0.5) is 0 Å². The number of hydrogen-bond donors (Lipinski definition) is 0. The first-order valence-corrected chi connectivity index (χ1v) is 7.57. The molecule has 4 nitrogen and oxygen atoms in total. The van der Waals surface area contributed by atoms with Gasteiger partial charge in [0, 0.05) is 25.7 Å². The van der Waals surface area contributed by atoms with E-state index in [1.165, 1.54) is 11.3 Å². The number of piperazine rings is 1. The highest BCUT2D eigenvalue weighted by atomic mass is 32.2. The van der Waals surface area contributed by atoms with Crippen LogP contribution in [0, 0.1) is 0 Å². The Morgan fingerprint density at radius 1 is 1.44 bits per heavy atom. The zero-order valence-electron chi connectivity index (χ0n) is 9.46. The molecule has 1 aliphatic rings. The van der Waals surface area contributed by atoms with Gasteiger partial charge in [-0.05, 0) is 25.4 Å². The van der Waals surface area contributed by atoms with Gasteiger partial charge >= 0.3 is 0 Å². The van der Waals surface area contributed by atoms with Crippen molar-refractivity contribution in [3.05, 3.63) is 17.5 Å². The molecule has 0 radical (unpaired) electrons. The summed E-state index contributed by atoms with van der Waals surface area (Å²) in [4.78, 5) is 2.18. The van der Waals surface area contributed by atoms with Crippen molar-refractivity contribution in [1.82, 2.24) is 9.21 Å². The van der Waals surface area contributed by atoms with Crippen LogP contribution in [0.1, 0.15) is 6.92 Å². The SMILES string of the molecule is CC1CN(S(=O)(=O)c2cccs2)CCN1C. The van der Waals surface area contributed by atoms with Gasteiger partial charge in [-0.25, -0.2) is 8.42 Å². The highest BCUT2D eigenvalue weighted by molar-refractivity contribution is 7.91. The molecular weight excluding hydrogens is 244 g/mol. The Morgan fingerprint density at radius 2 is 2.19 bits per heavy atom. The molecule has 2 heterocycles.